The number of likely N-dealkylation sites (N-methyl/N-ethyl adjacent to an activating group) is 1. The van der Waals surface area contributed by atoms with Crippen LogP contribution in [0.3, 0.4) is 0 Å². The van der Waals surface area contributed by atoms with Gasteiger partial charge in [-0.2, -0.15) is 0 Å². The Morgan fingerprint density at radius 1 is 1.12 bits per heavy atom. The molecule has 4 rings (SSSR count). The molecule has 0 fully saturated rings. The monoisotopic (exact) mass is 613 g/mol. The van der Waals surface area contributed by atoms with Gasteiger partial charge in [-0.05, 0) is 42.3 Å². The van der Waals surface area contributed by atoms with Crippen molar-refractivity contribution >= 4 is 50.6 Å². The number of rotatable bonds is 11. The molecule has 42 heavy (non-hydrogen) atoms. The number of benzene rings is 1. The molecule has 0 bridgehead atoms. The Labute approximate surface area is 255 Å². The Bertz CT molecular complexity index is 1360. The van der Waals surface area contributed by atoms with E-state index in [9.17, 15) is 9.59 Å². The fourth-order valence-electron chi connectivity index (χ4n) is 4.54. The summed E-state index contributed by atoms with van der Waals surface area (Å²) in [5.74, 6) is 2.27. The van der Waals surface area contributed by atoms with Gasteiger partial charge in [0, 0.05) is 88.9 Å². The van der Waals surface area contributed by atoms with E-state index >= 15 is 0 Å². The summed E-state index contributed by atoms with van der Waals surface area (Å²) in [6.45, 7) is 2.13. The number of hydrogen-bond donors (Lipinski definition) is 0. The van der Waals surface area contributed by atoms with E-state index in [1.165, 1.54) is 0 Å². The van der Waals surface area contributed by atoms with E-state index in [1.54, 1.807) is 34.4 Å². The lowest BCUT2D eigenvalue weighted by molar-refractivity contribution is 0.0989. The van der Waals surface area contributed by atoms with E-state index < -0.39 is 10.0 Å². The topological polar surface area (TPSA) is 78.5 Å². The Morgan fingerprint density at radius 3 is 2.60 bits per heavy atom. The Morgan fingerprint density at radius 2 is 1.90 bits per heavy atom. The molecule has 1 unspecified atom stereocenters. The Balaban J connectivity index is 1.47. The fraction of sp³-hybridized carbons (Fsp3) is 0.452. The summed E-state index contributed by atoms with van der Waals surface area (Å²) in [4.78, 5) is 39.3. The van der Waals surface area contributed by atoms with Crippen LogP contribution in [0.25, 0.3) is 0 Å². The van der Waals surface area contributed by atoms with E-state index in [-0.39, 0.29) is 18.1 Å². The zero-order chi connectivity index (χ0) is 30.4. The van der Waals surface area contributed by atoms with E-state index in [1.807, 2.05) is 73.9 Å². The van der Waals surface area contributed by atoms with Crippen LogP contribution in [0.5, 0.6) is 5.75 Å². The number of aromatic nitrogens is 1. The number of amides is 2. The maximum Gasteiger partial charge on any atom is 0.409 e. The minimum Gasteiger partial charge on any atom is -0.485 e. The smallest absolute Gasteiger partial charge is 0.409 e. The van der Waals surface area contributed by atoms with E-state index in [4.69, 9.17) is 9.47 Å². The minimum absolute atomic E-state index is 0.0905. The van der Waals surface area contributed by atoms with Gasteiger partial charge in [0.1, 0.15) is 24.3 Å². The van der Waals surface area contributed by atoms with Crippen LogP contribution in [0.15, 0.2) is 54.0 Å². The molecule has 3 aromatic rings. The molecule has 1 aromatic carbocycles. The van der Waals surface area contributed by atoms with Gasteiger partial charge in [-0.15, -0.1) is 11.3 Å². The second-order valence-corrected chi connectivity index (χ2v) is 17.1. The zero-order valence-corrected chi connectivity index (χ0v) is 27.3. The molecular weight excluding hydrogens is 571 g/mol. The van der Waals surface area contributed by atoms with Crippen molar-refractivity contribution in [1.82, 2.24) is 9.88 Å². The molecule has 1 atom stereocenters. The molecule has 11 heteroatoms. The van der Waals surface area contributed by atoms with Gasteiger partial charge in [-0.1, -0.05) is 12.1 Å². The third kappa shape index (κ3) is 8.10. The molecule has 0 N–H and O–H groups in total. The number of thiophene rings is 1. The van der Waals surface area contributed by atoms with Gasteiger partial charge in [-0.25, -0.2) is 19.8 Å². The summed E-state index contributed by atoms with van der Waals surface area (Å²) in [5.41, 5.74) is 2.21. The summed E-state index contributed by atoms with van der Waals surface area (Å²) in [7, 11) is 6.91. The highest BCUT2D eigenvalue weighted by molar-refractivity contribution is 8.32. The molecule has 0 spiro atoms. The van der Waals surface area contributed by atoms with Crippen LogP contribution >= 0.6 is 21.4 Å². The largest absolute Gasteiger partial charge is 0.485 e. The van der Waals surface area contributed by atoms with Crippen molar-refractivity contribution in [2.24, 2.45) is 0 Å². The average Bonchev–Trinajstić information content (AvgIpc) is 3.45. The molecule has 0 aliphatic carbocycles. The van der Waals surface area contributed by atoms with Gasteiger partial charge >= 0.3 is 6.09 Å². The van der Waals surface area contributed by atoms with Crippen LogP contribution in [0.4, 0.5) is 22.0 Å². The molecule has 0 saturated carbocycles. The van der Waals surface area contributed by atoms with Crippen LogP contribution in [-0.2, 0) is 4.74 Å². The van der Waals surface area contributed by atoms with Crippen LogP contribution in [0, 0.1) is 0 Å². The molecule has 0 saturated heterocycles. The normalized spacial score (nSPS) is 14.6. The van der Waals surface area contributed by atoms with Gasteiger partial charge in [0.05, 0.1) is 11.3 Å². The summed E-state index contributed by atoms with van der Waals surface area (Å²) >= 11 is 1.62. The second kappa shape index (κ2) is 13.7. The van der Waals surface area contributed by atoms with Crippen LogP contribution in [-0.4, -0.2) is 101 Å². The van der Waals surface area contributed by atoms with Crippen molar-refractivity contribution in [3.05, 3.63) is 64.5 Å². The summed E-state index contributed by atoms with van der Waals surface area (Å²) in [5, 5.41) is 2.02. The van der Waals surface area contributed by atoms with Crippen LogP contribution in [0.2, 0.25) is 0 Å². The van der Waals surface area contributed by atoms with E-state index in [2.05, 4.69) is 28.7 Å². The number of carbonyl (C=O) groups is 2. The number of pyridine rings is 1. The van der Waals surface area contributed by atoms with Crippen LogP contribution < -0.4 is 19.4 Å². The number of nitrogens with zero attached hydrogens (tertiary/aromatic N) is 5. The molecule has 3 heterocycles. The lowest BCUT2D eigenvalue weighted by atomic mass is 10.1. The lowest BCUT2D eigenvalue weighted by Gasteiger charge is -2.26. The fourth-order valence-corrected chi connectivity index (χ4v) is 5.91. The Hall–Kier alpha value is -3.44. The standard InChI is InChI=1S/C31H43N5O4S2/c1-33(2)29-21-26-25(22-32-29)30(37)36(16-15-34(26)3)23-10-8-11-24(20-23)40-27(28-12-9-18-41-28)13-14-35(4)31(38)39-17-19-42(5,6)7/h8-12,18,20-22,27H,13-17,19H2,1-7H3. The van der Waals surface area contributed by atoms with Crippen molar-refractivity contribution in [2.75, 3.05) is 93.7 Å². The lowest BCUT2D eigenvalue weighted by Crippen LogP contribution is -2.33. The molecular formula is C31H43N5O4S2. The Kier molecular flexibility index (Phi) is 10.3. The van der Waals surface area contributed by atoms with Gasteiger partial charge in [-0.3, -0.25) is 4.79 Å². The highest BCUT2D eigenvalue weighted by Crippen LogP contribution is 2.34. The van der Waals surface area contributed by atoms with Crippen molar-refractivity contribution in [3.63, 3.8) is 0 Å². The minimum atomic E-state index is -0.721. The first-order valence-electron chi connectivity index (χ1n) is 14.0. The van der Waals surface area contributed by atoms with Crippen molar-refractivity contribution in [1.29, 1.82) is 0 Å². The van der Waals surface area contributed by atoms with E-state index in [0.717, 1.165) is 27.8 Å². The quantitative estimate of drug-likeness (QED) is 0.280. The average molecular weight is 614 g/mol. The molecule has 9 nitrogen and oxygen atoms in total. The second-order valence-electron chi connectivity index (χ2n) is 11.6. The van der Waals surface area contributed by atoms with Gasteiger partial charge in [0.2, 0.25) is 0 Å². The summed E-state index contributed by atoms with van der Waals surface area (Å²) in [6, 6.07) is 13.7. The van der Waals surface area contributed by atoms with Gasteiger partial charge < -0.3 is 29.1 Å². The third-order valence-electron chi connectivity index (χ3n) is 7.10. The third-order valence-corrected chi connectivity index (χ3v) is 9.46. The van der Waals surface area contributed by atoms with Crippen LogP contribution in [0.1, 0.15) is 27.8 Å². The molecule has 1 aliphatic rings. The summed E-state index contributed by atoms with van der Waals surface area (Å²) in [6.07, 6.45) is 8.32. The number of carbonyl (C=O) groups excluding carboxylic acids is 2. The highest BCUT2D eigenvalue weighted by atomic mass is 32.3. The number of fused-ring (bicyclic) bond motifs is 1. The molecule has 2 amide bonds. The zero-order valence-electron chi connectivity index (χ0n) is 25.7. The van der Waals surface area contributed by atoms with Crippen molar-refractivity contribution in [3.8, 4) is 5.75 Å². The highest BCUT2D eigenvalue weighted by Gasteiger charge is 2.28. The predicted octanol–water partition coefficient (Wildman–Crippen LogP) is 5.58. The maximum absolute atomic E-state index is 13.7. The summed E-state index contributed by atoms with van der Waals surface area (Å²) < 4.78 is 12.0. The molecule has 228 valence electrons. The van der Waals surface area contributed by atoms with Crippen molar-refractivity contribution in [2.45, 2.75) is 12.5 Å². The number of hydrogen-bond acceptors (Lipinski definition) is 8. The first-order valence-corrected chi connectivity index (χ1v) is 17.9. The predicted molar refractivity (Wildman–Crippen MR) is 176 cm³/mol. The first-order chi connectivity index (χ1) is 19.9. The molecule has 0 radical (unpaired) electrons. The SMILES string of the molecule is CN(CCC(Oc1cccc(N2CCN(C)c3cc(N(C)C)ncc3C2=O)c1)c1cccs1)C(=O)OCCS(C)(C)C. The number of ether oxygens (including phenoxy) is 2. The van der Waals surface area contributed by atoms with Crippen molar-refractivity contribution < 1.29 is 19.1 Å². The first kappa shape index (κ1) is 31.5. The maximum atomic E-state index is 13.7. The number of anilines is 3. The van der Waals surface area contributed by atoms with Gasteiger partial charge in [0.15, 0.2) is 0 Å². The van der Waals surface area contributed by atoms with E-state index in [0.29, 0.717) is 44.0 Å². The van der Waals surface area contributed by atoms with Gasteiger partial charge in [0.25, 0.3) is 5.91 Å². The molecule has 2 aromatic heterocycles. The molecule has 1 aliphatic heterocycles.